The molecular formula is C13H19NO. The van der Waals surface area contributed by atoms with E-state index in [0.29, 0.717) is 11.8 Å². The van der Waals surface area contributed by atoms with E-state index in [0.717, 1.165) is 12.3 Å². The molecule has 0 bridgehead atoms. The Morgan fingerprint density at radius 2 is 1.93 bits per heavy atom. The molecule has 1 saturated carbocycles. The Morgan fingerprint density at radius 1 is 1.33 bits per heavy atom. The van der Waals surface area contributed by atoms with Crippen molar-refractivity contribution in [2.75, 3.05) is 13.7 Å². The largest absolute Gasteiger partial charge is 0.496 e. The lowest BCUT2D eigenvalue weighted by Gasteiger charge is -2.11. The SMILES string of the molecule is COc1c(C)cc([C@@H]2C[C@H]2CN)cc1C. The Morgan fingerprint density at radius 3 is 2.33 bits per heavy atom. The van der Waals surface area contributed by atoms with Gasteiger partial charge in [-0.3, -0.25) is 0 Å². The molecule has 0 unspecified atom stereocenters. The number of ether oxygens (including phenoxy) is 1. The summed E-state index contributed by atoms with van der Waals surface area (Å²) in [7, 11) is 1.73. The van der Waals surface area contributed by atoms with E-state index in [1.54, 1.807) is 7.11 Å². The molecule has 82 valence electrons. The van der Waals surface area contributed by atoms with E-state index in [2.05, 4.69) is 26.0 Å². The number of hydrogen-bond donors (Lipinski definition) is 1. The third kappa shape index (κ3) is 1.86. The second kappa shape index (κ2) is 3.86. The predicted octanol–water partition coefficient (Wildman–Crippen LogP) is 2.37. The normalized spacial score (nSPS) is 24.0. The first-order chi connectivity index (χ1) is 7.17. The summed E-state index contributed by atoms with van der Waals surface area (Å²) in [5.74, 6) is 2.42. The molecule has 15 heavy (non-hydrogen) atoms. The van der Waals surface area contributed by atoms with E-state index in [1.165, 1.54) is 23.1 Å². The third-order valence-electron chi connectivity index (χ3n) is 3.34. The Bertz CT molecular complexity index is 350. The summed E-state index contributed by atoms with van der Waals surface area (Å²) < 4.78 is 5.36. The van der Waals surface area contributed by atoms with E-state index >= 15 is 0 Å². The Hall–Kier alpha value is -1.02. The van der Waals surface area contributed by atoms with Crippen molar-refractivity contribution in [2.45, 2.75) is 26.2 Å². The van der Waals surface area contributed by atoms with Crippen LogP contribution in [0.3, 0.4) is 0 Å². The molecule has 0 heterocycles. The van der Waals surface area contributed by atoms with Gasteiger partial charge in [-0.1, -0.05) is 12.1 Å². The predicted molar refractivity (Wildman–Crippen MR) is 62.4 cm³/mol. The van der Waals surface area contributed by atoms with Gasteiger partial charge in [0, 0.05) is 0 Å². The monoisotopic (exact) mass is 205 g/mol. The molecule has 1 fully saturated rings. The first-order valence-corrected chi connectivity index (χ1v) is 5.52. The van der Waals surface area contributed by atoms with Gasteiger partial charge in [0.15, 0.2) is 0 Å². The highest BCUT2D eigenvalue weighted by molar-refractivity contribution is 5.45. The summed E-state index contributed by atoms with van der Waals surface area (Å²) in [6.45, 7) is 5.03. The lowest BCUT2D eigenvalue weighted by Crippen LogP contribution is -2.02. The average Bonchev–Trinajstić information content (AvgIpc) is 2.96. The second-order valence-electron chi connectivity index (χ2n) is 4.53. The van der Waals surface area contributed by atoms with Crippen molar-refractivity contribution in [3.63, 3.8) is 0 Å². The number of nitrogens with two attached hydrogens (primary N) is 1. The second-order valence-corrected chi connectivity index (χ2v) is 4.53. The van der Waals surface area contributed by atoms with Crippen LogP contribution in [0.5, 0.6) is 5.75 Å². The fraction of sp³-hybridized carbons (Fsp3) is 0.538. The molecule has 0 saturated heterocycles. The van der Waals surface area contributed by atoms with Crippen LogP contribution < -0.4 is 10.5 Å². The molecule has 1 aromatic rings. The zero-order valence-corrected chi connectivity index (χ0v) is 9.71. The summed E-state index contributed by atoms with van der Waals surface area (Å²) in [4.78, 5) is 0. The van der Waals surface area contributed by atoms with Crippen LogP contribution in [0.1, 0.15) is 29.0 Å². The van der Waals surface area contributed by atoms with Crippen molar-refractivity contribution >= 4 is 0 Å². The first-order valence-electron chi connectivity index (χ1n) is 5.52. The summed E-state index contributed by atoms with van der Waals surface area (Å²) in [5, 5.41) is 0. The minimum absolute atomic E-state index is 0.693. The fourth-order valence-corrected chi connectivity index (χ4v) is 2.44. The van der Waals surface area contributed by atoms with Crippen molar-refractivity contribution in [1.82, 2.24) is 0 Å². The smallest absolute Gasteiger partial charge is 0.124 e. The molecule has 1 aliphatic rings. The molecule has 0 radical (unpaired) electrons. The van der Waals surface area contributed by atoms with Gasteiger partial charge >= 0.3 is 0 Å². The van der Waals surface area contributed by atoms with Gasteiger partial charge in [0.2, 0.25) is 0 Å². The van der Waals surface area contributed by atoms with Crippen LogP contribution in [0.4, 0.5) is 0 Å². The maximum absolute atomic E-state index is 5.67. The third-order valence-corrected chi connectivity index (χ3v) is 3.34. The molecule has 2 nitrogen and oxygen atoms in total. The maximum Gasteiger partial charge on any atom is 0.124 e. The van der Waals surface area contributed by atoms with Crippen molar-refractivity contribution in [3.8, 4) is 5.75 Å². The number of benzene rings is 1. The Balaban J connectivity index is 2.28. The van der Waals surface area contributed by atoms with Crippen LogP contribution in [-0.2, 0) is 0 Å². The van der Waals surface area contributed by atoms with Crippen LogP contribution in [0.15, 0.2) is 12.1 Å². The van der Waals surface area contributed by atoms with Crippen molar-refractivity contribution in [3.05, 3.63) is 28.8 Å². The Labute approximate surface area is 91.4 Å². The van der Waals surface area contributed by atoms with Crippen LogP contribution in [0.25, 0.3) is 0 Å². The van der Waals surface area contributed by atoms with Crippen LogP contribution >= 0.6 is 0 Å². The van der Waals surface area contributed by atoms with Gasteiger partial charge in [0.05, 0.1) is 7.11 Å². The lowest BCUT2D eigenvalue weighted by atomic mass is 10.0. The zero-order chi connectivity index (χ0) is 11.0. The van der Waals surface area contributed by atoms with Crippen molar-refractivity contribution in [2.24, 2.45) is 11.7 Å². The van der Waals surface area contributed by atoms with E-state index in [-0.39, 0.29) is 0 Å². The molecule has 1 aromatic carbocycles. The standard InChI is InChI=1S/C13H19NO/c1-8-4-10(12-6-11(12)7-14)5-9(2)13(8)15-3/h4-5,11-12H,6-7,14H2,1-3H3/t11-,12-/m0/s1. The van der Waals surface area contributed by atoms with E-state index < -0.39 is 0 Å². The van der Waals surface area contributed by atoms with Gasteiger partial charge in [-0.15, -0.1) is 0 Å². The number of methoxy groups -OCH3 is 1. The van der Waals surface area contributed by atoms with Gasteiger partial charge in [-0.05, 0) is 55.3 Å². The molecule has 0 amide bonds. The molecule has 1 aliphatic carbocycles. The molecule has 0 aliphatic heterocycles. The molecule has 0 spiro atoms. The quantitative estimate of drug-likeness (QED) is 0.822. The molecule has 2 atom stereocenters. The highest BCUT2D eigenvalue weighted by atomic mass is 16.5. The topological polar surface area (TPSA) is 35.2 Å². The summed E-state index contributed by atoms with van der Waals surface area (Å²) in [5.41, 5.74) is 9.56. The van der Waals surface area contributed by atoms with Gasteiger partial charge < -0.3 is 10.5 Å². The average molecular weight is 205 g/mol. The van der Waals surface area contributed by atoms with Gasteiger partial charge in [-0.2, -0.15) is 0 Å². The van der Waals surface area contributed by atoms with E-state index in [1.807, 2.05) is 0 Å². The first kappa shape index (κ1) is 10.5. The van der Waals surface area contributed by atoms with E-state index in [4.69, 9.17) is 10.5 Å². The van der Waals surface area contributed by atoms with Gasteiger partial charge in [0.25, 0.3) is 0 Å². The lowest BCUT2D eigenvalue weighted by molar-refractivity contribution is 0.408. The molecule has 2 rings (SSSR count). The summed E-state index contributed by atoms with van der Waals surface area (Å²) in [6.07, 6.45) is 1.25. The van der Waals surface area contributed by atoms with Gasteiger partial charge in [0.1, 0.15) is 5.75 Å². The maximum atomic E-state index is 5.67. The number of hydrogen-bond acceptors (Lipinski definition) is 2. The summed E-state index contributed by atoms with van der Waals surface area (Å²) in [6, 6.07) is 4.48. The van der Waals surface area contributed by atoms with Gasteiger partial charge in [-0.25, -0.2) is 0 Å². The minimum Gasteiger partial charge on any atom is -0.496 e. The molecule has 2 N–H and O–H groups in total. The minimum atomic E-state index is 0.693. The fourth-order valence-electron chi connectivity index (χ4n) is 2.44. The molecule has 0 aromatic heterocycles. The van der Waals surface area contributed by atoms with Crippen molar-refractivity contribution in [1.29, 1.82) is 0 Å². The van der Waals surface area contributed by atoms with Crippen molar-refractivity contribution < 1.29 is 4.74 Å². The summed E-state index contributed by atoms with van der Waals surface area (Å²) >= 11 is 0. The number of rotatable bonds is 3. The highest BCUT2D eigenvalue weighted by Crippen LogP contribution is 2.47. The highest BCUT2D eigenvalue weighted by Gasteiger charge is 2.37. The molecule has 2 heteroatoms. The zero-order valence-electron chi connectivity index (χ0n) is 9.71. The van der Waals surface area contributed by atoms with Crippen LogP contribution in [-0.4, -0.2) is 13.7 Å². The molecular weight excluding hydrogens is 186 g/mol. The van der Waals surface area contributed by atoms with Crippen LogP contribution in [0.2, 0.25) is 0 Å². The van der Waals surface area contributed by atoms with Crippen LogP contribution in [0, 0.1) is 19.8 Å². The number of aryl methyl sites for hydroxylation is 2. The Kier molecular flexibility index (Phi) is 2.70. The van der Waals surface area contributed by atoms with E-state index in [9.17, 15) is 0 Å².